The van der Waals surface area contributed by atoms with Gasteiger partial charge in [-0.1, -0.05) is 11.6 Å². The molecule has 0 aromatic heterocycles. The highest BCUT2D eigenvalue weighted by Crippen LogP contribution is 2.13. The molecule has 0 spiro atoms. The fraction of sp³-hybridized carbons (Fsp3) is 0. The van der Waals surface area contributed by atoms with Crippen LogP contribution in [-0.4, -0.2) is 0 Å². The zero-order chi connectivity index (χ0) is 8.27. The number of hydrogen-bond donors (Lipinski definition) is 0. The molecular weight excluding hydrogens is 160 g/mol. The van der Waals surface area contributed by atoms with Gasteiger partial charge >= 0.3 is 0 Å². The van der Waals surface area contributed by atoms with E-state index < -0.39 is 0 Å². The molecular formula is C8H2ClN2. The highest BCUT2D eigenvalue weighted by Gasteiger charge is 2.00. The molecule has 51 valence electrons. The summed E-state index contributed by atoms with van der Waals surface area (Å²) in [4.78, 5) is 0. The lowest BCUT2D eigenvalue weighted by atomic mass is 10.1. The number of halogens is 1. The van der Waals surface area contributed by atoms with Gasteiger partial charge in [-0.2, -0.15) is 10.5 Å². The Labute approximate surface area is 69.2 Å². The first-order valence-corrected chi connectivity index (χ1v) is 3.17. The largest absolute Gasteiger partial charge is 0.192 e. The van der Waals surface area contributed by atoms with Crippen molar-refractivity contribution < 1.29 is 0 Å². The maximum atomic E-state index is 8.50. The van der Waals surface area contributed by atoms with E-state index in [4.69, 9.17) is 22.1 Å². The number of benzene rings is 1. The van der Waals surface area contributed by atoms with Crippen LogP contribution < -0.4 is 0 Å². The van der Waals surface area contributed by atoms with Crippen LogP contribution >= 0.6 is 11.6 Å². The molecule has 0 amide bonds. The van der Waals surface area contributed by atoms with Crippen LogP contribution in [-0.2, 0) is 0 Å². The topological polar surface area (TPSA) is 47.6 Å². The predicted octanol–water partition coefficient (Wildman–Crippen LogP) is 1.88. The van der Waals surface area contributed by atoms with E-state index >= 15 is 0 Å². The maximum absolute atomic E-state index is 8.50. The molecule has 0 heterocycles. The number of nitrogens with zero attached hydrogens (tertiary/aromatic N) is 2. The first-order chi connectivity index (χ1) is 5.27. The van der Waals surface area contributed by atoms with Gasteiger partial charge < -0.3 is 0 Å². The molecule has 1 rings (SSSR count). The summed E-state index contributed by atoms with van der Waals surface area (Å²) in [5.74, 6) is 0. The van der Waals surface area contributed by atoms with Crippen molar-refractivity contribution in [3.63, 3.8) is 0 Å². The third-order valence-corrected chi connectivity index (χ3v) is 1.37. The van der Waals surface area contributed by atoms with E-state index in [0.717, 1.165) is 0 Å². The Morgan fingerprint density at radius 1 is 1.27 bits per heavy atom. The monoisotopic (exact) mass is 161 g/mol. The first kappa shape index (κ1) is 7.60. The fourth-order valence-corrected chi connectivity index (χ4v) is 0.814. The van der Waals surface area contributed by atoms with Crippen molar-refractivity contribution in [2.75, 3.05) is 0 Å². The molecule has 0 atom stereocenters. The second-order valence-corrected chi connectivity index (χ2v) is 2.24. The van der Waals surface area contributed by atoms with Crippen LogP contribution in [0.2, 0.25) is 5.02 Å². The number of hydrogen-bond acceptors (Lipinski definition) is 2. The van der Waals surface area contributed by atoms with Crippen molar-refractivity contribution in [3.05, 3.63) is 34.3 Å². The van der Waals surface area contributed by atoms with Crippen molar-refractivity contribution >= 4 is 11.6 Å². The maximum Gasteiger partial charge on any atom is 0.101 e. The molecule has 0 fully saturated rings. The van der Waals surface area contributed by atoms with Crippen LogP contribution in [0.4, 0.5) is 0 Å². The van der Waals surface area contributed by atoms with Crippen molar-refractivity contribution in [2.45, 2.75) is 0 Å². The number of rotatable bonds is 0. The molecule has 0 unspecified atom stereocenters. The average molecular weight is 162 g/mol. The first-order valence-electron chi connectivity index (χ1n) is 2.79. The highest BCUT2D eigenvalue weighted by molar-refractivity contribution is 6.30. The summed E-state index contributed by atoms with van der Waals surface area (Å²) in [7, 11) is 0. The molecule has 0 aliphatic heterocycles. The van der Waals surface area contributed by atoms with Crippen molar-refractivity contribution in [3.8, 4) is 12.1 Å². The van der Waals surface area contributed by atoms with E-state index in [2.05, 4.69) is 6.07 Å². The minimum absolute atomic E-state index is 0.288. The number of nitriles is 2. The molecule has 1 aromatic carbocycles. The highest BCUT2D eigenvalue weighted by atomic mass is 35.5. The van der Waals surface area contributed by atoms with E-state index in [9.17, 15) is 0 Å². The van der Waals surface area contributed by atoms with Gasteiger partial charge in [-0.3, -0.25) is 0 Å². The zero-order valence-corrected chi connectivity index (χ0v) is 6.18. The van der Waals surface area contributed by atoms with Gasteiger partial charge in [0.15, 0.2) is 0 Å². The minimum Gasteiger partial charge on any atom is -0.192 e. The van der Waals surface area contributed by atoms with Crippen LogP contribution in [0.15, 0.2) is 12.1 Å². The second kappa shape index (κ2) is 3.05. The smallest absolute Gasteiger partial charge is 0.101 e. The second-order valence-electron chi connectivity index (χ2n) is 1.83. The lowest BCUT2D eigenvalue weighted by Crippen LogP contribution is -1.81. The molecule has 0 aliphatic carbocycles. The molecule has 0 saturated heterocycles. The van der Waals surface area contributed by atoms with Crippen LogP contribution in [0.25, 0.3) is 0 Å². The van der Waals surface area contributed by atoms with Gasteiger partial charge in [-0.25, -0.2) is 0 Å². The summed E-state index contributed by atoms with van der Waals surface area (Å²) in [6.07, 6.45) is 0. The van der Waals surface area contributed by atoms with E-state index in [0.29, 0.717) is 10.6 Å². The van der Waals surface area contributed by atoms with Crippen LogP contribution in [0.1, 0.15) is 11.1 Å². The molecule has 1 radical (unpaired) electrons. The van der Waals surface area contributed by atoms with E-state index in [1.54, 1.807) is 0 Å². The van der Waals surface area contributed by atoms with Crippen molar-refractivity contribution in [1.29, 1.82) is 10.5 Å². The summed E-state index contributed by atoms with van der Waals surface area (Å²) >= 11 is 5.54. The van der Waals surface area contributed by atoms with Crippen LogP contribution in [0.5, 0.6) is 0 Å². The van der Waals surface area contributed by atoms with Crippen molar-refractivity contribution in [2.24, 2.45) is 0 Å². The average Bonchev–Trinajstić information content (AvgIpc) is 2.04. The zero-order valence-electron chi connectivity index (χ0n) is 5.43. The molecule has 1 aromatic rings. The Hall–Kier alpha value is -1.51. The van der Waals surface area contributed by atoms with Gasteiger partial charge in [-0.15, -0.1) is 0 Å². The Balaban J connectivity index is 3.34. The summed E-state index contributed by atoms with van der Waals surface area (Å²) in [6, 6.07) is 9.16. The predicted molar refractivity (Wildman–Crippen MR) is 39.7 cm³/mol. The van der Waals surface area contributed by atoms with Gasteiger partial charge in [0, 0.05) is 11.1 Å². The van der Waals surface area contributed by atoms with E-state index in [1.807, 2.05) is 12.1 Å². The fourth-order valence-electron chi connectivity index (χ4n) is 0.650. The third kappa shape index (κ3) is 1.49. The summed E-state index contributed by atoms with van der Waals surface area (Å²) in [5.41, 5.74) is 0.591. The molecule has 2 nitrogen and oxygen atoms in total. The van der Waals surface area contributed by atoms with Gasteiger partial charge in [-0.05, 0) is 12.1 Å². The lowest BCUT2D eigenvalue weighted by Gasteiger charge is -1.91. The Kier molecular flexibility index (Phi) is 2.11. The van der Waals surface area contributed by atoms with Crippen LogP contribution in [0.3, 0.4) is 0 Å². The Morgan fingerprint density at radius 2 is 1.91 bits per heavy atom. The SMILES string of the molecule is N#Cc1c[c]c(Cl)cc1C#N. The summed E-state index contributed by atoms with van der Waals surface area (Å²) < 4.78 is 0. The third-order valence-electron chi connectivity index (χ3n) is 1.16. The minimum atomic E-state index is 0.288. The molecule has 0 saturated carbocycles. The van der Waals surface area contributed by atoms with Gasteiger partial charge in [0.05, 0.1) is 11.1 Å². The van der Waals surface area contributed by atoms with E-state index in [-0.39, 0.29) is 5.56 Å². The summed E-state index contributed by atoms with van der Waals surface area (Å²) in [5, 5.41) is 17.3. The standard InChI is InChI=1S/C8H2ClN2/c9-8-2-1-6(4-10)7(3-8)5-11/h1,3H. The Bertz CT molecular complexity index is 357. The van der Waals surface area contributed by atoms with Gasteiger partial charge in [0.1, 0.15) is 12.1 Å². The normalized spacial score (nSPS) is 8.27. The molecule has 3 heteroatoms. The lowest BCUT2D eigenvalue weighted by molar-refractivity contribution is 1.43. The molecule has 0 N–H and O–H groups in total. The summed E-state index contributed by atoms with van der Waals surface area (Å²) in [6.45, 7) is 0. The molecule has 11 heavy (non-hydrogen) atoms. The quantitative estimate of drug-likeness (QED) is 0.583. The molecule has 0 bridgehead atoms. The Morgan fingerprint density at radius 3 is 2.45 bits per heavy atom. The van der Waals surface area contributed by atoms with Gasteiger partial charge in [0.2, 0.25) is 0 Å². The molecule has 0 aliphatic rings. The van der Waals surface area contributed by atoms with Gasteiger partial charge in [0.25, 0.3) is 0 Å². The van der Waals surface area contributed by atoms with Crippen molar-refractivity contribution in [1.82, 2.24) is 0 Å². The van der Waals surface area contributed by atoms with E-state index in [1.165, 1.54) is 12.1 Å². The van der Waals surface area contributed by atoms with Crippen LogP contribution in [0, 0.1) is 28.7 Å².